The summed E-state index contributed by atoms with van der Waals surface area (Å²) in [5.41, 5.74) is 0. The van der Waals surface area contributed by atoms with Crippen LogP contribution in [0.4, 0.5) is 0 Å². The van der Waals surface area contributed by atoms with Gasteiger partial charge in [-0.2, -0.15) is 0 Å². The van der Waals surface area contributed by atoms with Gasteiger partial charge in [0.2, 0.25) is 0 Å². The van der Waals surface area contributed by atoms with Crippen molar-refractivity contribution in [3.05, 3.63) is 0 Å². The van der Waals surface area contributed by atoms with E-state index in [1.54, 1.807) is 12.2 Å². The van der Waals surface area contributed by atoms with Gasteiger partial charge in [-0.3, -0.25) is 0 Å². The molecular formula is C6H14ClNO3. The van der Waals surface area contributed by atoms with Gasteiger partial charge in [-0.05, 0) is 6.92 Å². The molecule has 1 aliphatic heterocycles. The first-order chi connectivity index (χ1) is 4.63. The molecule has 1 heterocycles. The maximum absolute atomic E-state index is 9.19. The van der Waals surface area contributed by atoms with Crippen molar-refractivity contribution in [3.63, 3.8) is 0 Å². The number of aliphatic hydroxyl groups is 3. The van der Waals surface area contributed by atoms with Gasteiger partial charge in [0.15, 0.2) is 0 Å². The van der Waals surface area contributed by atoms with E-state index in [4.69, 9.17) is 10.2 Å². The van der Waals surface area contributed by atoms with Crippen LogP contribution in [0.1, 0.15) is 6.92 Å². The summed E-state index contributed by atoms with van der Waals surface area (Å²) in [6.45, 7) is 2.10. The number of halogens is 1. The molecule has 5 heteroatoms. The number of hydrogen-bond acceptors (Lipinski definition) is 3. The van der Waals surface area contributed by atoms with Crippen LogP contribution >= 0.6 is 0 Å². The highest BCUT2D eigenvalue weighted by atomic mass is 35.5. The van der Waals surface area contributed by atoms with Gasteiger partial charge in [-0.1, -0.05) is 0 Å². The second-order valence-electron chi connectivity index (χ2n) is 2.85. The average molecular weight is 184 g/mol. The van der Waals surface area contributed by atoms with Crippen molar-refractivity contribution in [3.8, 4) is 0 Å². The van der Waals surface area contributed by atoms with Gasteiger partial charge in [0.05, 0.1) is 0 Å². The van der Waals surface area contributed by atoms with Crippen LogP contribution < -0.4 is 17.7 Å². The third-order valence-electron chi connectivity index (χ3n) is 2.00. The highest BCUT2D eigenvalue weighted by Gasteiger charge is 2.39. The van der Waals surface area contributed by atoms with Crippen LogP contribution in [0.5, 0.6) is 0 Å². The number of aliphatic hydroxyl groups excluding tert-OH is 3. The van der Waals surface area contributed by atoms with E-state index in [2.05, 4.69) is 0 Å². The van der Waals surface area contributed by atoms with E-state index >= 15 is 0 Å². The molecule has 1 aliphatic rings. The molecule has 4 nitrogen and oxygen atoms in total. The second kappa shape index (κ2) is 4.23. The molecule has 0 aromatic rings. The van der Waals surface area contributed by atoms with E-state index in [1.165, 1.54) is 0 Å². The first kappa shape index (κ1) is 11.1. The fourth-order valence-electron chi connectivity index (χ4n) is 1.31. The summed E-state index contributed by atoms with van der Waals surface area (Å²) in [6.07, 6.45) is -2.02. The lowest BCUT2D eigenvalue weighted by Gasteiger charge is -2.14. The van der Waals surface area contributed by atoms with E-state index in [0.29, 0.717) is 6.54 Å². The van der Waals surface area contributed by atoms with Crippen LogP contribution in [0, 0.1) is 0 Å². The van der Waals surface area contributed by atoms with Crippen LogP contribution in [0.3, 0.4) is 0 Å². The van der Waals surface area contributed by atoms with Crippen molar-refractivity contribution in [1.29, 1.82) is 0 Å². The van der Waals surface area contributed by atoms with Crippen LogP contribution in [-0.4, -0.2) is 46.2 Å². The van der Waals surface area contributed by atoms with E-state index in [9.17, 15) is 5.11 Å². The first-order valence-electron chi connectivity index (χ1n) is 3.50. The third kappa shape index (κ3) is 2.28. The van der Waals surface area contributed by atoms with Crippen LogP contribution in [0.25, 0.3) is 0 Å². The predicted octanol–water partition coefficient (Wildman–Crippen LogP) is -5.96. The van der Waals surface area contributed by atoms with Gasteiger partial charge in [0.25, 0.3) is 0 Å². The van der Waals surface area contributed by atoms with Gasteiger partial charge < -0.3 is 33.0 Å². The maximum Gasteiger partial charge on any atom is 0.141 e. The lowest BCUT2D eigenvalue weighted by atomic mass is 10.1. The quantitative estimate of drug-likeness (QED) is 0.327. The highest BCUT2D eigenvalue weighted by molar-refractivity contribution is 4.82. The van der Waals surface area contributed by atoms with Crippen molar-refractivity contribution in [2.45, 2.75) is 31.3 Å². The Labute approximate surface area is 71.6 Å². The van der Waals surface area contributed by atoms with E-state index in [-0.39, 0.29) is 18.4 Å². The number of quaternary nitrogens is 1. The minimum atomic E-state index is -0.778. The topological polar surface area (TPSA) is 77.3 Å². The smallest absolute Gasteiger partial charge is 0.141 e. The molecule has 0 aromatic heterocycles. The molecule has 11 heavy (non-hydrogen) atoms. The molecule has 0 spiro atoms. The molecule has 5 N–H and O–H groups in total. The Hall–Kier alpha value is 0.130. The van der Waals surface area contributed by atoms with Crippen LogP contribution in [-0.2, 0) is 0 Å². The normalized spacial score (nSPS) is 39.8. The fourth-order valence-corrected chi connectivity index (χ4v) is 1.31. The largest absolute Gasteiger partial charge is 1.00 e. The Bertz CT molecular complexity index is 122. The molecule has 4 atom stereocenters. The molecule has 68 valence electrons. The average Bonchev–Trinajstić information content (AvgIpc) is 2.14. The van der Waals surface area contributed by atoms with Gasteiger partial charge in [-0.25, -0.2) is 0 Å². The van der Waals surface area contributed by atoms with Crippen molar-refractivity contribution in [2.24, 2.45) is 0 Å². The second-order valence-corrected chi connectivity index (χ2v) is 2.85. The zero-order valence-electron chi connectivity index (χ0n) is 6.31. The van der Waals surface area contributed by atoms with Gasteiger partial charge in [0.1, 0.15) is 30.9 Å². The molecule has 1 rings (SSSR count). The number of rotatable bonds is 1. The van der Waals surface area contributed by atoms with Crippen molar-refractivity contribution < 1.29 is 33.0 Å². The molecule has 0 bridgehead atoms. The zero-order valence-corrected chi connectivity index (χ0v) is 7.07. The van der Waals surface area contributed by atoms with Crippen LogP contribution in [0.15, 0.2) is 0 Å². The van der Waals surface area contributed by atoms with E-state index < -0.39 is 18.3 Å². The highest BCUT2D eigenvalue weighted by Crippen LogP contribution is 2.04. The van der Waals surface area contributed by atoms with E-state index in [1.807, 2.05) is 0 Å². The molecular weight excluding hydrogens is 170 g/mol. The number of hydrogen-bond donors (Lipinski definition) is 4. The van der Waals surface area contributed by atoms with Crippen molar-refractivity contribution >= 4 is 0 Å². The zero-order chi connectivity index (χ0) is 7.72. The maximum atomic E-state index is 9.19. The minimum absolute atomic E-state index is 0. The Morgan fingerprint density at radius 3 is 2.18 bits per heavy atom. The van der Waals surface area contributed by atoms with Gasteiger partial charge in [-0.15, -0.1) is 0 Å². The Morgan fingerprint density at radius 1 is 1.45 bits per heavy atom. The summed E-state index contributed by atoms with van der Waals surface area (Å²) >= 11 is 0. The Balaban J connectivity index is 0.000001000. The molecule has 0 aromatic carbocycles. The van der Waals surface area contributed by atoms with Gasteiger partial charge in [0, 0.05) is 0 Å². The summed E-state index contributed by atoms with van der Waals surface area (Å²) in [7, 11) is 0. The fraction of sp³-hybridized carbons (Fsp3) is 1.00. The number of nitrogens with two attached hydrogens (primary N) is 1. The van der Waals surface area contributed by atoms with Crippen LogP contribution in [0.2, 0.25) is 0 Å². The molecule has 1 saturated heterocycles. The third-order valence-corrected chi connectivity index (χ3v) is 2.00. The summed E-state index contributed by atoms with van der Waals surface area (Å²) in [4.78, 5) is 0. The van der Waals surface area contributed by atoms with Crippen molar-refractivity contribution in [1.82, 2.24) is 0 Å². The standard InChI is InChI=1S/C6H13NO3.ClH/c1-3(8)5-6(10)4(9)2-7-5;/h3-10H,2H2,1H3;1H/t3-,4-,5-,6-;/m1./s1. The first-order valence-corrected chi connectivity index (χ1v) is 3.50. The molecule has 0 amide bonds. The summed E-state index contributed by atoms with van der Waals surface area (Å²) in [5.74, 6) is 0. The summed E-state index contributed by atoms with van der Waals surface area (Å²) in [6, 6.07) is -0.255. The molecule has 0 aliphatic carbocycles. The summed E-state index contributed by atoms with van der Waals surface area (Å²) < 4.78 is 0. The predicted molar refractivity (Wildman–Crippen MR) is 34.3 cm³/mol. The molecule has 0 saturated carbocycles. The minimum Gasteiger partial charge on any atom is -1.00 e. The van der Waals surface area contributed by atoms with E-state index in [0.717, 1.165) is 0 Å². The van der Waals surface area contributed by atoms with Crippen molar-refractivity contribution in [2.75, 3.05) is 6.54 Å². The lowest BCUT2D eigenvalue weighted by Crippen LogP contribution is -3.00. The Kier molecular flexibility index (Phi) is 4.28. The SMILES string of the molecule is C[C@@H](O)[C@H]1[NH2+]C[C@@H](O)[C@H]1O.[Cl-]. The molecule has 0 unspecified atom stereocenters. The Morgan fingerprint density at radius 2 is 2.00 bits per heavy atom. The molecule has 1 fully saturated rings. The molecule has 0 radical (unpaired) electrons. The summed E-state index contributed by atoms with van der Waals surface area (Å²) in [5, 5.41) is 29.0. The van der Waals surface area contributed by atoms with Gasteiger partial charge >= 0.3 is 0 Å². The lowest BCUT2D eigenvalue weighted by molar-refractivity contribution is -0.681. The monoisotopic (exact) mass is 183 g/mol.